The van der Waals surface area contributed by atoms with Crippen molar-refractivity contribution in [3.63, 3.8) is 0 Å². The van der Waals surface area contributed by atoms with Crippen molar-refractivity contribution >= 4 is 11.6 Å². The molecule has 0 bridgehead atoms. The molecule has 144 valence electrons. The van der Waals surface area contributed by atoms with Gasteiger partial charge in [-0.05, 0) is 35.2 Å². The summed E-state index contributed by atoms with van der Waals surface area (Å²) in [5, 5.41) is 0. The molecule has 0 aliphatic carbocycles. The van der Waals surface area contributed by atoms with E-state index in [9.17, 15) is 9.59 Å². The molecule has 4 aromatic rings. The van der Waals surface area contributed by atoms with Gasteiger partial charge in [0.05, 0.1) is 12.1 Å². The molecule has 0 aliphatic heterocycles. The number of fused-ring (bicyclic) bond motifs is 1. The lowest BCUT2D eigenvalue weighted by molar-refractivity contribution is -0.144. The fraction of sp³-hybridized carbons (Fsp3) is 0.125. The average molecular weight is 384 g/mol. The van der Waals surface area contributed by atoms with Gasteiger partial charge in [-0.15, -0.1) is 0 Å². The third kappa shape index (κ3) is 4.24. The largest absolute Gasteiger partial charge is 0.459 e. The number of carbonyl (C=O) groups excluding carboxylic acids is 1. The summed E-state index contributed by atoms with van der Waals surface area (Å²) < 4.78 is 6.82. The highest BCUT2D eigenvalue weighted by molar-refractivity contribution is 5.73. The minimum atomic E-state index is -0.357. The third-order valence-corrected chi connectivity index (χ3v) is 4.73. The maximum absolute atomic E-state index is 12.2. The highest BCUT2D eigenvalue weighted by Gasteiger charge is 2.09. The van der Waals surface area contributed by atoms with Crippen LogP contribution in [-0.2, 0) is 22.6 Å². The second kappa shape index (κ2) is 8.10. The lowest BCUT2D eigenvalue weighted by Gasteiger charge is -2.08. The van der Waals surface area contributed by atoms with Gasteiger partial charge in [-0.1, -0.05) is 60.7 Å². The van der Waals surface area contributed by atoms with Crippen molar-refractivity contribution in [3.8, 4) is 11.1 Å². The number of nitrogens with zero attached hydrogens (tertiary/aromatic N) is 2. The van der Waals surface area contributed by atoms with Gasteiger partial charge < -0.3 is 4.74 Å². The number of rotatable bonds is 5. The Hall–Kier alpha value is -3.73. The Labute approximate surface area is 168 Å². The van der Waals surface area contributed by atoms with E-state index in [-0.39, 0.29) is 24.6 Å². The molecule has 29 heavy (non-hydrogen) atoms. The van der Waals surface area contributed by atoms with E-state index in [0.717, 1.165) is 22.3 Å². The highest BCUT2D eigenvalue weighted by atomic mass is 16.5. The monoisotopic (exact) mass is 384 g/mol. The Kier molecular flexibility index (Phi) is 5.20. The molecule has 2 heterocycles. The standard InChI is InChI=1S/C24H20N2O3/c1-17-6-5-13-26-22(27)15-21(25-24(17)26)16-29-23(28)14-18-9-11-20(12-10-18)19-7-3-2-4-8-19/h2-13,15H,14,16H2,1H3. The van der Waals surface area contributed by atoms with Crippen LogP contribution in [0.5, 0.6) is 0 Å². The number of benzene rings is 2. The maximum Gasteiger partial charge on any atom is 0.310 e. The fourth-order valence-electron chi connectivity index (χ4n) is 3.20. The zero-order valence-corrected chi connectivity index (χ0v) is 16.0. The number of aromatic nitrogens is 2. The molecule has 0 aliphatic rings. The Morgan fingerprint density at radius 3 is 2.45 bits per heavy atom. The molecule has 4 rings (SSSR count). The first kappa shape index (κ1) is 18.6. The van der Waals surface area contributed by atoms with Gasteiger partial charge >= 0.3 is 5.97 Å². The van der Waals surface area contributed by atoms with Gasteiger partial charge in [-0.3, -0.25) is 14.0 Å². The van der Waals surface area contributed by atoms with Crippen molar-refractivity contribution in [1.29, 1.82) is 0 Å². The zero-order chi connectivity index (χ0) is 20.2. The van der Waals surface area contributed by atoms with E-state index in [4.69, 9.17) is 4.74 Å². The number of hydrogen-bond donors (Lipinski definition) is 0. The quantitative estimate of drug-likeness (QED) is 0.489. The fourth-order valence-corrected chi connectivity index (χ4v) is 3.20. The van der Waals surface area contributed by atoms with Gasteiger partial charge in [-0.2, -0.15) is 0 Å². The summed E-state index contributed by atoms with van der Waals surface area (Å²) in [6.07, 6.45) is 1.84. The summed E-state index contributed by atoms with van der Waals surface area (Å²) in [6, 6.07) is 23.0. The molecule has 0 radical (unpaired) electrons. The molecule has 0 amide bonds. The predicted molar refractivity (Wildman–Crippen MR) is 112 cm³/mol. The Balaban J connectivity index is 1.41. The van der Waals surface area contributed by atoms with Crippen LogP contribution in [0, 0.1) is 6.92 Å². The molecule has 0 atom stereocenters. The summed E-state index contributed by atoms with van der Waals surface area (Å²) in [5.41, 5.74) is 4.80. The molecule has 0 saturated heterocycles. The van der Waals surface area contributed by atoms with Crippen LogP contribution in [0.1, 0.15) is 16.8 Å². The van der Waals surface area contributed by atoms with Gasteiger partial charge in [0.15, 0.2) is 0 Å². The van der Waals surface area contributed by atoms with Gasteiger partial charge in [0, 0.05) is 12.3 Å². The highest BCUT2D eigenvalue weighted by Crippen LogP contribution is 2.19. The third-order valence-electron chi connectivity index (χ3n) is 4.73. The summed E-state index contributed by atoms with van der Waals surface area (Å²) in [7, 11) is 0. The van der Waals surface area contributed by atoms with Gasteiger partial charge in [0.25, 0.3) is 5.56 Å². The number of esters is 1. The van der Waals surface area contributed by atoms with Gasteiger partial charge in [0.1, 0.15) is 12.3 Å². The number of pyridine rings is 1. The molecular weight excluding hydrogens is 364 g/mol. The van der Waals surface area contributed by atoms with Crippen molar-refractivity contribution in [2.45, 2.75) is 20.0 Å². The molecule has 5 nitrogen and oxygen atoms in total. The second-order valence-corrected chi connectivity index (χ2v) is 6.87. The van der Waals surface area contributed by atoms with Crippen LogP contribution in [0.25, 0.3) is 16.8 Å². The minimum absolute atomic E-state index is 0.0268. The van der Waals surface area contributed by atoms with Crippen LogP contribution in [-0.4, -0.2) is 15.4 Å². The zero-order valence-electron chi connectivity index (χ0n) is 16.0. The van der Waals surface area contributed by atoms with Crippen molar-refractivity contribution in [2.75, 3.05) is 0 Å². The van der Waals surface area contributed by atoms with E-state index in [0.29, 0.717) is 11.3 Å². The second-order valence-electron chi connectivity index (χ2n) is 6.87. The number of ether oxygens (including phenoxy) is 1. The smallest absolute Gasteiger partial charge is 0.310 e. The molecule has 0 N–H and O–H groups in total. The number of aryl methyl sites for hydroxylation is 1. The van der Waals surface area contributed by atoms with Gasteiger partial charge in [0.2, 0.25) is 0 Å². The Bertz CT molecular complexity index is 1210. The van der Waals surface area contributed by atoms with Crippen LogP contribution in [0.2, 0.25) is 0 Å². The lowest BCUT2D eigenvalue weighted by atomic mass is 10.0. The molecule has 0 spiro atoms. The number of carbonyl (C=O) groups is 1. The summed E-state index contributed by atoms with van der Waals surface area (Å²) in [4.78, 5) is 28.9. The Morgan fingerprint density at radius 2 is 1.69 bits per heavy atom. The van der Waals surface area contributed by atoms with Gasteiger partial charge in [-0.25, -0.2) is 4.98 Å². The molecule has 2 aromatic carbocycles. The molecular formula is C24H20N2O3. The van der Waals surface area contributed by atoms with Crippen molar-refractivity contribution in [2.24, 2.45) is 0 Å². The summed E-state index contributed by atoms with van der Waals surface area (Å²) in [6.45, 7) is 1.86. The van der Waals surface area contributed by atoms with E-state index in [1.54, 1.807) is 12.3 Å². The van der Waals surface area contributed by atoms with Crippen LogP contribution in [0.3, 0.4) is 0 Å². The molecule has 0 unspecified atom stereocenters. The predicted octanol–water partition coefficient (Wildman–Crippen LogP) is 3.96. The van der Waals surface area contributed by atoms with Crippen LogP contribution in [0.4, 0.5) is 0 Å². The topological polar surface area (TPSA) is 60.7 Å². The minimum Gasteiger partial charge on any atom is -0.459 e. The molecule has 5 heteroatoms. The van der Waals surface area contributed by atoms with Crippen LogP contribution < -0.4 is 5.56 Å². The van der Waals surface area contributed by atoms with E-state index >= 15 is 0 Å². The summed E-state index contributed by atoms with van der Waals surface area (Å²) in [5.74, 6) is -0.357. The normalized spacial score (nSPS) is 10.8. The van der Waals surface area contributed by atoms with Crippen molar-refractivity contribution < 1.29 is 9.53 Å². The van der Waals surface area contributed by atoms with E-state index in [1.165, 1.54) is 10.5 Å². The molecule has 2 aromatic heterocycles. The SMILES string of the molecule is Cc1cccn2c(=O)cc(COC(=O)Cc3ccc(-c4ccccc4)cc3)nc12. The van der Waals surface area contributed by atoms with E-state index in [1.807, 2.05) is 67.6 Å². The van der Waals surface area contributed by atoms with Crippen LogP contribution >= 0.6 is 0 Å². The first-order valence-corrected chi connectivity index (χ1v) is 9.38. The van der Waals surface area contributed by atoms with Crippen molar-refractivity contribution in [1.82, 2.24) is 9.38 Å². The summed E-state index contributed by atoms with van der Waals surface area (Å²) >= 11 is 0. The molecule has 0 saturated carbocycles. The van der Waals surface area contributed by atoms with Crippen LogP contribution in [0.15, 0.2) is 83.8 Å². The van der Waals surface area contributed by atoms with E-state index < -0.39 is 0 Å². The maximum atomic E-state index is 12.2. The first-order chi connectivity index (χ1) is 14.1. The van der Waals surface area contributed by atoms with Crippen molar-refractivity contribution in [3.05, 3.63) is 106 Å². The average Bonchev–Trinajstić information content (AvgIpc) is 2.74. The first-order valence-electron chi connectivity index (χ1n) is 9.38. The lowest BCUT2D eigenvalue weighted by Crippen LogP contribution is -2.17. The number of hydrogen-bond acceptors (Lipinski definition) is 4. The Morgan fingerprint density at radius 1 is 0.966 bits per heavy atom. The molecule has 0 fully saturated rings. The van der Waals surface area contributed by atoms with E-state index in [2.05, 4.69) is 4.98 Å².